The topological polar surface area (TPSA) is 12.0 Å². The van der Waals surface area contributed by atoms with Crippen LogP contribution in [0.4, 0.5) is 22.0 Å². The summed E-state index contributed by atoms with van der Waals surface area (Å²) >= 11 is 0. The molecule has 0 saturated carbocycles. The summed E-state index contributed by atoms with van der Waals surface area (Å²) in [5.41, 5.74) is -0.774. The smallest absolute Gasteiger partial charge is 0.200 e. The van der Waals surface area contributed by atoms with E-state index in [0.29, 0.717) is 13.0 Å². The Balaban J connectivity index is 3.32. The molecule has 0 aromatic heterocycles. The van der Waals surface area contributed by atoms with E-state index in [1.165, 1.54) is 0 Å². The normalized spacial score (nSPS) is 14.4. The van der Waals surface area contributed by atoms with E-state index in [2.05, 4.69) is 5.32 Å². The Morgan fingerprint density at radius 2 is 1.30 bits per heavy atom. The van der Waals surface area contributed by atoms with E-state index in [1.54, 1.807) is 6.92 Å². The second-order valence-electron chi connectivity index (χ2n) is 4.84. The lowest BCUT2D eigenvalue weighted by atomic mass is 9.93. The van der Waals surface area contributed by atoms with Gasteiger partial charge in [0.25, 0.3) is 0 Å². The van der Waals surface area contributed by atoms with Crippen molar-refractivity contribution in [3.05, 3.63) is 34.6 Å². The van der Waals surface area contributed by atoms with Crippen LogP contribution in [0.3, 0.4) is 0 Å². The van der Waals surface area contributed by atoms with Crippen molar-refractivity contribution in [1.29, 1.82) is 0 Å². The Bertz CT molecular complexity index is 446. The van der Waals surface area contributed by atoms with Gasteiger partial charge < -0.3 is 5.32 Å². The zero-order valence-corrected chi connectivity index (χ0v) is 11.7. The molecule has 0 bridgehead atoms. The Morgan fingerprint density at radius 3 is 1.70 bits per heavy atom. The van der Waals surface area contributed by atoms with Crippen molar-refractivity contribution < 1.29 is 22.0 Å². The lowest BCUT2D eigenvalue weighted by Gasteiger charge is -2.23. The van der Waals surface area contributed by atoms with Gasteiger partial charge in [-0.3, -0.25) is 0 Å². The average molecular weight is 295 g/mol. The third-order valence-corrected chi connectivity index (χ3v) is 3.38. The SMILES string of the molecule is CCNC(CC(C)CC)c1c(F)c(F)c(F)c(F)c1F. The standard InChI is InChI=1S/C14H18F5N/c1-4-7(3)6-8(20-5-2)9-10(15)12(17)14(19)13(18)11(9)16/h7-8,20H,4-6H2,1-3H3. The predicted octanol–water partition coefficient (Wildman–Crippen LogP) is 4.47. The number of halogens is 5. The van der Waals surface area contributed by atoms with Gasteiger partial charge in [-0.05, 0) is 18.9 Å². The molecule has 0 aliphatic heterocycles. The van der Waals surface area contributed by atoms with Crippen LogP contribution in [0.1, 0.15) is 45.2 Å². The first-order valence-electron chi connectivity index (χ1n) is 6.59. The van der Waals surface area contributed by atoms with Crippen LogP contribution >= 0.6 is 0 Å². The fourth-order valence-corrected chi connectivity index (χ4v) is 2.05. The third-order valence-electron chi connectivity index (χ3n) is 3.38. The van der Waals surface area contributed by atoms with Crippen molar-refractivity contribution >= 4 is 0 Å². The highest BCUT2D eigenvalue weighted by Crippen LogP contribution is 2.31. The Kier molecular flexibility index (Phi) is 5.92. The number of benzene rings is 1. The van der Waals surface area contributed by atoms with Crippen molar-refractivity contribution in [2.45, 2.75) is 39.7 Å². The summed E-state index contributed by atoms with van der Waals surface area (Å²) < 4.78 is 67.0. The van der Waals surface area contributed by atoms with Crippen molar-refractivity contribution in [2.24, 2.45) is 5.92 Å². The fourth-order valence-electron chi connectivity index (χ4n) is 2.05. The van der Waals surface area contributed by atoms with Crippen LogP contribution in [0, 0.1) is 35.0 Å². The fraction of sp³-hybridized carbons (Fsp3) is 0.571. The molecule has 1 N–H and O–H groups in total. The molecule has 2 unspecified atom stereocenters. The van der Waals surface area contributed by atoms with Gasteiger partial charge in [-0.1, -0.05) is 27.2 Å². The average Bonchev–Trinajstić information content (AvgIpc) is 2.43. The minimum Gasteiger partial charge on any atom is -0.310 e. The van der Waals surface area contributed by atoms with E-state index in [1.807, 2.05) is 13.8 Å². The molecule has 1 rings (SSSR count). The summed E-state index contributed by atoms with van der Waals surface area (Å²) in [6.45, 7) is 5.82. The number of hydrogen-bond donors (Lipinski definition) is 1. The van der Waals surface area contributed by atoms with E-state index in [9.17, 15) is 22.0 Å². The maximum Gasteiger partial charge on any atom is 0.200 e. The molecule has 0 amide bonds. The highest BCUT2D eigenvalue weighted by Gasteiger charge is 2.30. The largest absolute Gasteiger partial charge is 0.310 e. The molecule has 1 aromatic carbocycles. The quantitative estimate of drug-likeness (QED) is 0.464. The van der Waals surface area contributed by atoms with E-state index in [0.717, 1.165) is 6.42 Å². The summed E-state index contributed by atoms with van der Waals surface area (Å²) in [5.74, 6) is -9.33. The number of hydrogen-bond acceptors (Lipinski definition) is 1. The summed E-state index contributed by atoms with van der Waals surface area (Å²) in [6.07, 6.45) is 1.04. The van der Waals surface area contributed by atoms with E-state index >= 15 is 0 Å². The van der Waals surface area contributed by atoms with Gasteiger partial charge in [-0.15, -0.1) is 0 Å². The van der Waals surface area contributed by atoms with Crippen LogP contribution in [-0.4, -0.2) is 6.54 Å². The first kappa shape index (κ1) is 16.9. The summed E-state index contributed by atoms with van der Waals surface area (Å²) in [6, 6.07) is -0.903. The van der Waals surface area contributed by atoms with Gasteiger partial charge in [-0.2, -0.15) is 0 Å². The molecule has 0 spiro atoms. The van der Waals surface area contributed by atoms with Gasteiger partial charge in [0.05, 0.1) is 0 Å². The molecular weight excluding hydrogens is 277 g/mol. The lowest BCUT2D eigenvalue weighted by molar-refractivity contribution is 0.337. The van der Waals surface area contributed by atoms with Crippen molar-refractivity contribution in [3.63, 3.8) is 0 Å². The molecule has 0 aliphatic carbocycles. The highest BCUT2D eigenvalue weighted by molar-refractivity contribution is 5.27. The molecule has 1 aromatic rings. The first-order chi connectivity index (χ1) is 9.34. The zero-order chi connectivity index (χ0) is 15.4. The van der Waals surface area contributed by atoms with E-state index in [4.69, 9.17) is 0 Å². The summed E-state index contributed by atoms with van der Waals surface area (Å²) in [7, 11) is 0. The molecule has 0 heterocycles. The summed E-state index contributed by atoms with van der Waals surface area (Å²) in [5, 5.41) is 2.78. The minimum atomic E-state index is -2.12. The van der Waals surface area contributed by atoms with Crippen LogP contribution in [0.15, 0.2) is 0 Å². The molecule has 1 nitrogen and oxygen atoms in total. The highest BCUT2D eigenvalue weighted by atomic mass is 19.2. The first-order valence-corrected chi connectivity index (χ1v) is 6.59. The van der Waals surface area contributed by atoms with Gasteiger partial charge in [0.1, 0.15) is 0 Å². The van der Waals surface area contributed by atoms with Gasteiger partial charge in [0.15, 0.2) is 23.3 Å². The lowest BCUT2D eigenvalue weighted by Crippen LogP contribution is -2.26. The van der Waals surface area contributed by atoms with Crippen molar-refractivity contribution in [1.82, 2.24) is 5.32 Å². The van der Waals surface area contributed by atoms with Gasteiger partial charge in [0.2, 0.25) is 5.82 Å². The van der Waals surface area contributed by atoms with E-state index in [-0.39, 0.29) is 5.92 Å². The molecule has 6 heteroatoms. The molecule has 2 atom stereocenters. The molecule has 0 aliphatic rings. The number of rotatable bonds is 6. The zero-order valence-electron chi connectivity index (χ0n) is 11.7. The van der Waals surface area contributed by atoms with Gasteiger partial charge in [-0.25, -0.2) is 22.0 Å². The second kappa shape index (κ2) is 7.02. The summed E-state index contributed by atoms with van der Waals surface area (Å²) in [4.78, 5) is 0. The monoisotopic (exact) mass is 295 g/mol. The Labute approximate surface area is 115 Å². The molecule has 114 valence electrons. The van der Waals surface area contributed by atoms with Crippen LogP contribution in [0.25, 0.3) is 0 Å². The second-order valence-corrected chi connectivity index (χ2v) is 4.84. The third kappa shape index (κ3) is 3.29. The maximum absolute atomic E-state index is 13.8. The van der Waals surface area contributed by atoms with Crippen molar-refractivity contribution in [3.8, 4) is 0 Å². The molecule has 20 heavy (non-hydrogen) atoms. The molecular formula is C14H18F5N. The predicted molar refractivity (Wildman–Crippen MR) is 66.7 cm³/mol. The van der Waals surface area contributed by atoms with Crippen molar-refractivity contribution in [2.75, 3.05) is 6.54 Å². The Morgan fingerprint density at radius 1 is 0.850 bits per heavy atom. The van der Waals surface area contributed by atoms with Crippen LogP contribution < -0.4 is 5.32 Å². The maximum atomic E-state index is 13.8. The minimum absolute atomic E-state index is 0.0917. The molecule has 0 saturated heterocycles. The Hall–Kier alpha value is -1.17. The molecule has 0 fully saturated rings. The van der Waals surface area contributed by atoms with Crippen LogP contribution in [0.2, 0.25) is 0 Å². The van der Waals surface area contributed by atoms with E-state index < -0.39 is 40.7 Å². The van der Waals surface area contributed by atoms with Crippen LogP contribution in [-0.2, 0) is 0 Å². The van der Waals surface area contributed by atoms with Gasteiger partial charge in [0, 0.05) is 11.6 Å². The van der Waals surface area contributed by atoms with Crippen LogP contribution in [0.5, 0.6) is 0 Å². The van der Waals surface area contributed by atoms with Gasteiger partial charge >= 0.3 is 0 Å². The molecule has 0 radical (unpaired) electrons. The number of nitrogens with one attached hydrogen (secondary N) is 1.